The highest BCUT2D eigenvalue weighted by molar-refractivity contribution is 5.74. The van der Waals surface area contributed by atoms with Crippen molar-refractivity contribution in [2.24, 2.45) is 11.7 Å². The van der Waals surface area contributed by atoms with Gasteiger partial charge in [-0.1, -0.05) is 19.3 Å². The van der Waals surface area contributed by atoms with Gasteiger partial charge < -0.3 is 15.2 Å². The Labute approximate surface area is 84.7 Å². The van der Waals surface area contributed by atoms with Crippen LogP contribution in [0.15, 0.2) is 0 Å². The SMILES string of the molecule is COC(CN)C(=O)OCCC1CCC1. The van der Waals surface area contributed by atoms with Crippen LogP contribution in [-0.2, 0) is 14.3 Å². The van der Waals surface area contributed by atoms with Gasteiger partial charge in [-0.25, -0.2) is 4.79 Å². The number of methoxy groups -OCH3 is 1. The van der Waals surface area contributed by atoms with Gasteiger partial charge in [-0.2, -0.15) is 0 Å². The summed E-state index contributed by atoms with van der Waals surface area (Å²) in [5, 5.41) is 0. The second-order valence-electron chi connectivity index (χ2n) is 3.71. The van der Waals surface area contributed by atoms with Crippen LogP contribution in [0.1, 0.15) is 25.7 Å². The van der Waals surface area contributed by atoms with Crippen molar-refractivity contribution in [2.75, 3.05) is 20.3 Å². The fourth-order valence-electron chi connectivity index (χ4n) is 1.49. The average Bonchev–Trinajstić information content (AvgIpc) is 2.11. The number of ether oxygens (including phenoxy) is 2. The van der Waals surface area contributed by atoms with E-state index in [0.717, 1.165) is 12.3 Å². The molecule has 0 bridgehead atoms. The van der Waals surface area contributed by atoms with Crippen LogP contribution in [0.2, 0.25) is 0 Å². The molecule has 0 saturated heterocycles. The Bertz CT molecular complexity index is 176. The Morgan fingerprint density at radius 3 is 2.71 bits per heavy atom. The van der Waals surface area contributed by atoms with Crippen LogP contribution in [0, 0.1) is 5.92 Å². The second kappa shape index (κ2) is 5.98. The van der Waals surface area contributed by atoms with Crippen LogP contribution >= 0.6 is 0 Å². The lowest BCUT2D eigenvalue weighted by molar-refractivity contribution is -0.155. The average molecular weight is 201 g/mol. The lowest BCUT2D eigenvalue weighted by atomic mass is 9.83. The van der Waals surface area contributed by atoms with E-state index in [1.807, 2.05) is 0 Å². The Kier molecular flexibility index (Phi) is 4.90. The maximum absolute atomic E-state index is 11.3. The minimum atomic E-state index is -0.601. The highest BCUT2D eigenvalue weighted by Gasteiger charge is 2.20. The summed E-state index contributed by atoms with van der Waals surface area (Å²) in [5.41, 5.74) is 5.33. The zero-order valence-electron chi connectivity index (χ0n) is 8.70. The summed E-state index contributed by atoms with van der Waals surface area (Å²) in [7, 11) is 1.46. The summed E-state index contributed by atoms with van der Waals surface area (Å²) >= 11 is 0. The van der Waals surface area contributed by atoms with Gasteiger partial charge in [0.2, 0.25) is 0 Å². The number of hydrogen-bond acceptors (Lipinski definition) is 4. The molecule has 1 unspecified atom stereocenters. The lowest BCUT2D eigenvalue weighted by Gasteiger charge is -2.25. The van der Waals surface area contributed by atoms with Gasteiger partial charge in [0, 0.05) is 13.7 Å². The van der Waals surface area contributed by atoms with Gasteiger partial charge in [0.05, 0.1) is 6.61 Å². The van der Waals surface area contributed by atoms with E-state index in [1.165, 1.54) is 26.4 Å². The second-order valence-corrected chi connectivity index (χ2v) is 3.71. The van der Waals surface area contributed by atoms with E-state index in [4.69, 9.17) is 15.2 Å². The van der Waals surface area contributed by atoms with Gasteiger partial charge in [-0.3, -0.25) is 0 Å². The Hall–Kier alpha value is -0.610. The predicted octanol–water partition coefficient (Wildman–Crippen LogP) is 0.693. The number of carbonyl (C=O) groups is 1. The largest absolute Gasteiger partial charge is 0.464 e. The van der Waals surface area contributed by atoms with Crippen molar-refractivity contribution < 1.29 is 14.3 Å². The highest BCUT2D eigenvalue weighted by Crippen LogP contribution is 2.29. The third-order valence-electron chi connectivity index (χ3n) is 2.76. The van der Waals surface area contributed by atoms with Gasteiger partial charge in [0.15, 0.2) is 6.10 Å². The molecule has 0 amide bonds. The zero-order chi connectivity index (χ0) is 10.4. The number of nitrogens with two attached hydrogens (primary N) is 1. The van der Waals surface area contributed by atoms with Crippen LogP contribution in [-0.4, -0.2) is 32.3 Å². The lowest BCUT2D eigenvalue weighted by Crippen LogP contribution is -2.33. The van der Waals surface area contributed by atoms with E-state index in [1.54, 1.807) is 0 Å². The standard InChI is InChI=1S/C10H19NO3/c1-13-9(7-11)10(12)14-6-5-8-3-2-4-8/h8-9H,2-7,11H2,1H3. The molecule has 0 aliphatic heterocycles. The number of hydrogen-bond donors (Lipinski definition) is 1. The molecule has 0 aromatic carbocycles. The monoisotopic (exact) mass is 201 g/mol. The molecule has 14 heavy (non-hydrogen) atoms. The van der Waals surface area contributed by atoms with Gasteiger partial charge in [0.1, 0.15) is 0 Å². The molecule has 0 aromatic rings. The summed E-state index contributed by atoms with van der Waals surface area (Å²) in [5.74, 6) is 0.427. The van der Waals surface area contributed by atoms with Gasteiger partial charge in [-0.05, 0) is 12.3 Å². The van der Waals surface area contributed by atoms with Crippen molar-refractivity contribution in [1.29, 1.82) is 0 Å². The summed E-state index contributed by atoms with van der Waals surface area (Å²) in [6.45, 7) is 0.683. The Balaban J connectivity index is 2.06. The molecule has 0 spiro atoms. The quantitative estimate of drug-likeness (QED) is 0.642. The first-order valence-corrected chi connectivity index (χ1v) is 5.17. The maximum Gasteiger partial charge on any atom is 0.336 e. The predicted molar refractivity (Wildman–Crippen MR) is 52.8 cm³/mol. The van der Waals surface area contributed by atoms with Crippen LogP contribution in [0.3, 0.4) is 0 Å². The van der Waals surface area contributed by atoms with E-state index in [2.05, 4.69) is 0 Å². The first-order valence-electron chi connectivity index (χ1n) is 5.17. The molecule has 4 heteroatoms. The molecular formula is C10H19NO3. The van der Waals surface area contributed by atoms with Crippen molar-refractivity contribution in [3.8, 4) is 0 Å². The fourth-order valence-corrected chi connectivity index (χ4v) is 1.49. The van der Waals surface area contributed by atoms with Crippen molar-refractivity contribution in [3.63, 3.8) is 0 Å². The van der Waals surface area contributed by atoms with Crippen LogP contribution in [0.25, 0.3) is 0 Å². The maximum atomic E-state index is 11.3. The van der Waals surface area contributed by atoms with Crippen LogP contribution < -0.4 is 5.73 Å². The van der Waals surface area contributed by atoms with Gasteiger partial charge in [0.25, 0.3) is 0 Å². The normalized spacial score (nSPS) is 18.7. The highest BCUT2D eigenvalue weighted by atomic mass is 16.6. The number of esters is 1. The molecule has 1 saturated carbocycles. The van der Waals surface area contributed by atoms with Crippen molar-refractivity contribution in [2.45, 2.75) is 31.8 Å². The zero-order valence-corrected chi connectivity index (χ0v) is 8.70. The topological polar surface area (TPSA) is 61.5 Å². The molecule has 1 rings (SSSR count). The van der Waals surface area contributed by atoms with Crippen molar-refractivity contribution in [3.05, 3.63) is 0 Å². The van der Waals surface area contributed by atoms with Crippen molar-refractivity contribution >= 4 is 5.97 Å². The smallest absolute Gasteiger partial charge is 0.336 e. The third kappa shape index (κ3) is 3.27. The van der Waals surface area contributed by atoms with E-state index in [0.29, 0.717) is 6.61 Å². The first-order chi connectivity index (χ1) is 6.77. The minimum absolute atomic E-state index is 0.179. The van der Waals surface area contributed by atoms with Crippen LogP contribution in [0.4, 0.5) is 0 Å². The molecule has 2 N–H and O–H groups in total. The molecule has 4 nitrogen and oxygen atoms in total. The molecule has 82 valence electrons. The van der Waals surface area contributed by atoms with Gasteiger partial charge >= 0.3 is 5.97 Å². The summed E-state index contributed by atoms with van der Waals surface area (Å²) in [6, 6.07) is 0. The first kappa shape index (κ1) is 11.5. The fraction of sp³-hybridized carbons (Fsp3) is 0.900. The molecule has 1 atom stereocenters. The summed E-state index contributed by atoms with van der Waals surface area (Å²) < 4.78 is 9.91. The Morgan fingerprint density at radius 1 is 1.57 bits per heavy atom. The molecule has 1 fully saturated rings. The molecule has 0 radical (unpaired) electrons. The Morgan fingerprint density at radius 2 is 2.29 bits per heavy atom. The van der Waals surface area contributed by atoms with Crippen LogP contribution in [0.5, 0.6) is 0 Å². The van der Waals surface area contributed by atoms with Gasteiger partial charge in [-0.15, -0.1) is 0 Å². The summed E-state index contributed by atoms with van der Waals surface area (Å²) in [4.78, 5) is 11.3. The number of carbonyl (C=O) groups excluding carboxylic acids is 1. The van der Waals surface area contributed by atoms with Crippen molar-refractivity contribution in [1.82, 2.24) is 0 Å². The molecule has 0 aromatic heterocycles. The molecule has 0 heterocycles. The third-order valence-corrected chi connectivity index (χ3v) is 2.76. The van der Waals surface area contributed by atoms with E-state index >= 15 is 0 Å². The summed E-state index contributed by atoms with van der Waals surface area (Å²) in [6.07, 6.45) is 4.26. The minimum Gasteiger partial charge on any atom is -0.464 e. The molecule has 1 aliphatic rings. The van der Waals surface area contributed by atoms with E-state index in [-0.39, 0.29) is 12.5 Å². The van der Waals surface area contributed by atoms with E-state index in [9.17, 15) is 4.79 Å². The van der Waals surface area contributed by atoms with E-state index < -0.39 is 6.10 Å². The molecule has 1 aliphatic carbocycles. The molecular weight excluding hydrogens is 182 g/mol. The number of rotatable bonds is 6.